The Morgan fingerprint density at radius 3 is 2.79 bits per heavy atom. The second-order valence-corrected chi connectivity index (χ2v) is 2.82. The van der Waals surface area contributed by atoms with Crippen LogP contribution in [0.15, 0.2) is 24.3 Å². The Balaban J connectivity index is 2.80. The van der Waals surface area contributed by atoms with Gasteiger partial charge in [0.1, 0.15) is 5.75 Å². The fourth-order valence-electron chi connectivity index (χ4n) is 1.15. The largest absolute Gasteiger partial charge is 0.496 e. The van der Waals surface area contributed by atoms with Gasteiger partial charge in [0.2, 0.25) is 6.17 Å². The number of alkyl halides is 1. The highest BCUT2D eigenvalue weighted by Gasteiger charge is 2.17. The van der Waals surface area contributed by atoms with Gasteiger partial charge in [0.25, 0.3) is 0 Å². The summed E-state index contributed by atoms with van der Waals surface area (Å²) in [5.41, 5.74) is 0.560. The molecule has 0 aliphatic rings. The molecule has 0 unspecified atom stereocenters. The lowest BCUT2D eigenvalue weighted by atomic mass is 10.1. The molecule has 1 atom stereocenters. The van der Waals surface area contributed by atoms with Gasteiger partial charge in [0, 0.05) is 6.42 Å². The monoisotopic (exact) mass is 198 g/mol. The Bertz CT molecular complexity index is 325. The van der Waals surface area contributed by atoms with Crippen LogP contribution in [0.25, 0.3) is 0 Å². The van der Waals surface area contributed by atoms with Gasteiger partial charge in [-0.15, -0.1) is 0 Å². The smallest absolute Gasteiger partial charge is 0.338 e. The van der Waals surface area contributed by atoms with E-state index in [0.29, 0.717) is 11.3 Å². The van der Waals surface area contributed by atoms with Crippen LogP contribution in [0, 0.1) is 0 Å². The van der Waals surface area contributed by atoms with E-state index in [1.807, 2.05) is 0 Å². The Morgan fingerprint density at radius 1 is 1.57 bits per heavy atom. The number of methoxy groups -OCH3 is 1. The third-order valence-electron chi connectivity index (χ3n) is 1.86. The maximum absolute atomic E-state index is 12.9. The zero-order valence-electron chi connectivity index (χ0n) is 7.74. The van der Waals surface area contributed by atoms with Crippen LogP contribution in [-0.4, -0.2) is 24.4 Å². The molecule has 4 heteroatoms. The van der Waals surface area contributed by atoms with Gasteiger partial charge in [0.05, 0.1) is 7.11 Å². The summed E-state index contributed by atoms with van der Waals surface area (Å²) in [4.78, 5) is 10.3. The maximum Gasteiger partial charge on any atom is 0.338 e. The van der Waals surface area contributed by atoms with Crippen LogP contribution in [-0.2, 0) is 11.2 Å². The molecule has 0 saturated heterocycles. The van der Waals surface area contributed by atoms with Crippen molar-refractivity contribution in [3.8, 4) is 5.75 Å². The molecule has 1 N–H and O–H groups in total. The van der Waals surface area contributed by atoms with Crippen LogP contribution in [0.3, 0.4) is 0 Å². The van der Waals surface area contributed by atoms with Gasteiger partial charge in [-0.3, -0.25) is 0 Å². The summed E-state index contributed by atoms with van der Waals surface area (Å²) in [6, 6.07) is 6.78. The van der Waals surface area contributed by atoms with Crippen molar-refractivity contribution in [2.45, 2.75) is 12.6 Å². The standard InChI is InChI=1S/C10H11FO3/c1-14-9-5-3-2-4-7(9)6-8(11)10(12)13/h2-5,8H,6H2,1H3,(H,12,13)/t8-/m1/s1. The van der Waals surface area contributed by atoms with E-state index in [0.717, 1.165) is 0 Å². The second-order valence-electron chi connectivity index (χ2n) is 2.82. The van der Waals surface area contributed by atoms with Gasteiger partial charge in [-0.25, -0.2) is 9.18 Å². The predicted molar refractivity (Wildman–Crippen MR) is 49.2 cm³/mol. The third-order valence-corrected chi connectivity index (χ3v) is 1.86. The number of para-hydroxylation sites is 1. The Kier molecular flexibility index (Phi) is 3.45. The van der Waals surface area contributed by atoms with Crippen molar-refractivity contribution in [3.05, 3.63) is 29.8 Å². The molecule has 1 aromatic rings. The number of halogens is 1. The van der Waals surface area contributed by atoms with Gasteiger partial charge >= 0.3 is 5.97 Å². The molecule has 0 aliphatic heterocycles. The van der Waals surface area contributed by atoms with E-state index in [-0.39, 0.29) is 6.42 Å². The molecule has 0 bridgehead atoms. The molecule has 0 aliphatic carbocycles. The topological polar surface area (TPSA) is 46.5 Å². The summed E-state index contributed by atoms with van der Waals surface area (Å²) in [7, 11) is 1.47. The average molecular weight is 198 g/mol. The van der Waals surface area contributed by atoms with E-state index < -0.39 is 12.1 Å². The number of carbonyl (C=O) groups is 1. The van der Waals surface area contributed by atoms with Crippen LogP contribution in [0.4, 0.5) is 4.39 Å². The van der Waals surface area contributed by atoms with Gasteiger partial charge < -0.3 is 9.84 Å². The normalized spacial score (nSPS) is 12.1. The molecule has 0 fully saturated rings. The molecule has 14 heavy (non-hydrogen) atoms. The van der Waals surface area contributed by atoms with Crippen molar-refractivity contribution in [1.29, 1.82) is 0 Å². The van der Waals surface area contributed by atoms with Gasteiger partial charge in [-0.1, -0.05) is 18.2 Å². The van der Waals surface area contributed by atoms with Gasteiger partial charge in [-0.2, -0.15) is 0 Å². The van der Waals surface area contributed by atoms with Crippen LogP contribution in [0.2, 0.25) is 0 Å². The summed E-state index contributed by atoms with van der Waals surface area (Å²) in [6.45, 7) is 0. The number of carboxylic acid groups (broad SMARTS) is 1. The number of rotatable bonds is 4. The van der Waals surface area contributed by atoms with Crippen molar-refractivity contribution in [3.63, 3.8) is 0 Å². The molecule has 76 valence electrons. The van der Waals surface area contributed by atoms with E-state index in [1.165, 1.54) is 7.11 Å². The Labute approximate surface area is 81.1 Å². The summed E-state index contributed by atoms with van der Waals surface area (Å²) in [5.74, 6) is -0.938. The van der Waals surface area contributed by atoms with Crippen molar-refractivity contribution in [2.24, 2.45) is 0 Å². The molecule has 0 aromatic heterocycles. The highest BCUT2D eigenvalue weighted by atomic mass is 19.1. The minimum Gasteiger partial charge on any atom is -0.496 e. The Morgan fingerprint density at radius 2 is 2.21 bits per heavy atom. The van der Waals surface area contributed by atoms with E-state index in [9.17, 15) is 9.18 Å². The number of hydrogen-bond acceptors (Lipinski definition) is 2. The SMILES string of the molecule is COc1ccccc1C[C@@H](F)C(=O)O. The molecule has 1 rings (SSSR count). The minimum atomic E-state index is -1.88. The first kappa shape index (κ1) is 10.5. The van der Waals surface area contributed by atoms with Crippen LogP contribution < -0.4 is 4.74 Å². The molecule has 0 heterocycles. The number of ether oxygens (including phenoxy) is 1. The van der Waals surface area contributed by atoms with Crippen LogP contribution in [0.1, 0.15) is 5.56 Å². The number of carboxylic acids is 1. The highest BCUT2D eigenvalue weighted by Crippen LogP contribution is 2.19. The molecule has 3 nitrogen and oxygen atoms in total. The maximum atomic E-state index is 12.9. The average Bonchev–Trinajstić information content (AvgIpc) is 2.18. The molecular weight excluding hydrogens is 187 g/mol. The zero-order valence-corrected chi connectivity index (χ0v) is 7.74. The third kappa shape index (κ3) is 2.45. The molecule has 0 amide bonds. The predicted octanol–water partition coefficient (Wildman–Crippen LogP) is 1.66. The van der Waals surface area contributed by atoms with Crippen molar-refractivity contribution < 1.29 is 19.0 Å². The summed E-state index contributed by atoms with van der Waals surface area (Å²) >= 11 is 0. The van der Waals surface area contributed by atoms with Gasteiger partial charge in [-0.05, 0) is 11.6 Å². The lowest BCUT2D eigenvalue weighted by molar-refractivity contribution is -0.142. The minimum absolute atomic E-state index is 0.167. The molecule has 0 saturated carbocycles. The first-order chi connectivity index (χ1) is 6.65. The van der Waals surface area contributed by atoms with E-state index in [1.54, 1.807) is 24.3 Å². The number of hydrogen-bond donors (Lipinski definition) is 1. The zero-order chi connectivity index (χ0) is 10.6. The fraction of sp³-hybridized carbons (Fsp3) is 0.300. The molecule has 0 radical (unpaired) electrons. The molecular formula is C10H11FO3. The lowest BCUT2D eigenvalue weighted by Crippen LogP contribution is -2.17. The fourth-order valence-corrected chi connectivity index (χ4v) is 1.15. The highest BCUT2D eigenvalue weighted by molar-refractivity contribution is 5.72. The summed E-state index contributed by atoms with van der Waals surface area (Å²) in [5, 5.41) is 8.39. The van der Waals surface area contributed by atoms with Crippen LogP contribution >= 0.6 is 0 Å². The number of aliphatic carboxylic acids is 1. The molecule has 1 aromatic carbocycles. The molecule has 0 spiro atoms. The summed E-state index contributed by atoms with van der Waals surface area (Å²) < 4.78 is 17.8. The lowest BCUT2D eigenvalue weighted by Gasteiger charge is -2.08. The van der Waals surface area contributed by atoms with Gasteiger partial charge in [0.15, 0.2) is 0 Å². The van der Waals surface area contributed by atoms with Crippen molar-refractivity contribution in [1.82, 2.24) is 0 Å². The summed E-state index contributed by atoms with van der Waals surface area (Å²) in [6.07, 6.45) is -2.05. The van der Waals surface area contributed by atoms with Crippen molar-refractivity contribution in [2.75, 3.05) is 7.11 Å². The quantitative estimate of drug-likeness (QED) is 0.800. The van der Waals surface area contributed by atoms with Crippen molar-refractivity contribution >= 4 is 5.97 Å². The Hall–Kier alpha value is -1.58. The van der Waals surface area contributed by atoms with E-state index in [4.69, 9.17) is 9.84 Å². The van der Waals surface area contributed by atoms with E-state index >= 15 is 0 Å². The van der Waals surface area contributed by atoms with Crippen LogP contribution in [0.5, 0.6) is 5.75 Å². The first-order valence-corrected chi connectivity index (χ1v) is 4.14. The van der Waals surface area contributed by atoms with E-state index in [2.05, 4.69) is 0 Å². The number of benzene rings is 1. The first-order valence-electron chi connectivity index (χ1n) is 4.14. The second kappa shape index (κ2) is 4.60.